The van der Waals surface area contributed by atoms with Gasteiger partial charge in [0.2, 0.25) is 10.0 Å². The number of hydrogen-bond acceptors (Lipinski definition) is 5. The monoisotopic (exact) mass is 302 g/mol. The van der Waals surface area contributed by atoms with Crippen molar-refractivity contribution >= 4 is 15.7 Å². The van der Waals surface area contributed by atoms with Gasteiger partial charge in [0.05, 0.1) is 17.0 Å². The van der Waals surface area contributed by atoms with Crippen molar-refractivity contribution in [2.45, 2.75) is 19.4 Å². The van der Waals surface area contributed by atoms with E-state index in [2.05, 4.69) is 0 Å². The average molecular weight is 302 g/mol. The highest BCUT2D eigenvalue weighted by Gasteiger charge is 2.24. The summed E-state index contributed by atoms with van der Waals surface area (Å²) >= 11 is 0. The summed E-state index contributed by atoms with van der Waals surface area (Å²) in [5.74, 6) is 0.293. The van der Waals surface area contributed by atoms with Crippen molar-refractivity contribution in [1.29, 1.82) is 0 Å². The summed E-state index contributed by atoms with van der Waals surface area (Å²) in [4.78, 5) is 0. The molecule has 0 spiro atoms. The van der Waals surface area contributed by atoms with E-state index in [1.165, 1.54) is 7.05 Å². The fraction of sp³-hybridized carbons (Fsp3) is 0.538. The number of para-hydroxylation sites is 2. The zero-order valence-electron chi connectivity index (χ0n) is 12.0. The Bertz CT molecular complexity index is 538. The number of nitrogens with zero attached hydrogens (tertiary/aromatic N) is 1. The van der Waals surface area contributed by atoms with Crippen LogP contribution in [0.2, 0.25) is 0 Å². The number of hydrogen-bond donors (Lipinski definition) is 2. The molecule has 0 saturated heterocycles. The first-order valence-electron chi connectivity index (χ1n) is 6.25. The Hall–Kier alpha value is -1.31. The van der Waals surface area contributed by atoms with Gasteiger partial charge in [-0.3, -0.25) is 0 Å². The molecule has 114 valence electrons. The molecule has 7 heteroatoms. The maximum absolute atomic E-state index is 12.0. The molecule has 0 bridgehead atoms. The lowest BCUT2D eigenvalue weighted by Gasteiger charge is -2.25. The summed E-state index contributed by atoms with van der Waals surface area (Å²) in [6.07, 6.45) is 0. The van der Waals surface area contributed by atoms with Gasteiger partial charge < -0.3 is 15.6 Å². The first-order valence-corrected chi connectivity index (χ1v) is 7.86. The van der Waals surface area contributed by atoms with Crippen LogP contribution in [0.25, 0.3) is 0 Å². The highest BCUT2D eigenvalue weighted by Crippen LogP contribution is 2.19. The molecule has 0 unspecified atom stereocenters. The van der Waals surface area contributed by atoms with E-state index in [0.29, 0.717) is 11.4 Å². The number of anilines is 1. The molecule has 0 aliphatic rings. The van der Waals surface area contributed by atoms with Crippen LogP contribution < -0.4 is 10.5 Å². The van der Waals surface area contributed by atoms with Crippen LogP contribution in [0.4, 0.5) is 5.69 Å². The van der Waals surface area contributed by atoms with Gasteiger partial charge in [-0.15, -0.1) is 0 Å². The van der Waals surface area contributed by atoms with Crippen molar-refractivity contribution in [3.63, 3.8) is 0 Å². The number of aliphatic hydroxyl groups is 1. The van der Waals surface area contributed by atoms with Crippen LogP contribution in [0.1, 0.15) is 13.8 Å². The summed E-state index contributed by atoms with van der Waals surface area (Å²) in [5.41, 5.74) is 5.09. The maximum atomic E-state index is 12.0. The predicted molar refractivity (Wildman–Crippen MR) is 79.1 cm³/mol. The highest BCUT2D eigenvalue weighted by atomic mass is 32.2. The Morgan fingerprint density at radius 2 is 1.95 bits per heavy atom. The molecule has 6 nitrogen and oxygen atoms in total. The first-order chi connectivity index (χ1) is 9.12. The second-order valence-corrected chi connectivity index (χ2v) is 7.47. The van der Waals surface area contributed by atoms with Gasteiger partial charge in [0.15, 0.2) is 0 Å². The minimum Gasteiger partial charge on any atom is -0.490 e. The maximum Gasteiger partial charge on any atom is 0.217 e. The van der Waals surface area contributed by atoms with Crippen LogP contribution in [0.3, 0.4) is 0 Å². The quantitative estimate of drug-likeness (QED) is 0.723. The van der Waals surface area contributed by atoms with Crippen molar-refractivity contribution in [3.05, 3.63) is 24.3 Å². The van der Waals surface area contributed by atoms with Gasteiger partial charge in [0.25, 0.3) is 0 Å². The molecule has 3 N–H and O–H groups in total. The second-order valence-electron chi connectivity index (χ2n) is 5.27. The minimum atomic E-state index is -3.47. The van der Waals surface area contributed by atoms with Gasteiger partial charge in [-0.2, -0.15) is 0 Å². The van der Waals surface area contributed by atoms with E-state index >= 15 is 0 Å². The number of rotatable bonds is 7. The molecular weight excluding hydrogens is 280 g/mol. The molecule has 0 aromatic heterocycles. The average Bonchev–Trinajstić information content (AvgIpc) is 2.29. The van der Waals surface area contributed by atoms with Gasteiger partial charge in [0.1, 0.15) is 12.4 Å². The van der Waals surface area contributed by atoms with Crippen LogP contribution in [-0.4, -0.2) is 49.4 Å². The molecule has 0 aliphatic heterocycles. The molecule has 0 amide bonds. The number of nitrogens with two attached hydrogens (primary N) is 1. The molecule has 1 rings (SSSR count). The molecule has 0 fully saturated rings. The zero-order valence-corrected chi connectivity index (χ0v) is 12.9. The Morgan fingerprint density at radius 1 is 1.35 bits per heavy atom. The topological polar surface area (TPSA) is 92.9 Å². The van der Waals surface area contributed by atoms with Crippen LogP contribution in [-0.2, 0) is 10.0 Å². The van der Waals surface area contributed by atoms with Crippen LogP contribution in [0, 0.1) is 0 Å². The number of likely N-dealkylation sites (N-methyl/N-ethyl adjacent to an activating group) is 1. The standard InChI is InChI=1S/C13H22N2O4S/c1-13(2,16)10-15(3)20(17,18)9-8-19-12-7-5-4-6-11(12)14/h4-7,16H,8-10,14H2,1-3H3. The SMILES string of the molecule is CN(CC(C)(C)O)S(=O)(=O)CCOc1ccccc1N. The summed E-state index contributed by atoms with van der Waals surface area (Å²) in [6.45, 7) is 3.15. The second kappa shape index (κ2) is 6.43. The van der Waals surface area contributed by atoms with Gasteiger partial charge in [-0.1, -0.05) is 12.1 Å². The summed E-state index contributed by atoms with van der Waals surface area (Å²) < 4.78 is 30.5. The lowest BCUT2D eigenvalue weighted by atomic mass is 10.1. The van der Waals surface area contributed by atoms with E-state index in [4.69, 9.17) is 10.5 Å². The molecule has 1 aromatic carbocycles. The number of sulfonamides is 1. The van der Waals surface area contributed by atoms with Crippen molar-refractivity contribution < 1.29 is 18.3 Å². The summed E-state index contributed by atoms with van der Waals surface area (Å²) in [7, 11) is -2.03. The van der Waals surface area contributed by atoms with Crippen molar-refractivity contribution in [1.82, 2.24) is 4.31 Å². The molecule has 0 saturated carbocycles. The Labute approximate surface area is 120 Å². The van der Waals surface area contributed by atoms with Crippen molar-refractivity contribution in [3.8, 4) is 5.75 Å². The van der Waals surface area contributed by atoms with Gasteiger partial charge in [-0.05, 0) is 26.0 Å². The third kappa shape index (κ3) is 5.36. The summed E-state index contributed by atoms with van der Waals surface area (Å²) in [5, 5.41) is 9.64. The van der Waals surface area contributed by atoms with E-state index in [1.807, 2.05) is 0 Å². The molecule has 0 radical (unpaired) electrons. The Balaban J connectivity index is 2.54. The number of nitrogen functional groups attached to an aromatic ring is 1. The largest absolute Gasteiger partial charge is 0.490 e. The van der Waals surface area contributed by atoms with Gasteiger partial charge in [0, 0.05) is 13.6 Å². The van der Waals surface area contributed by atoms with Crippen LogP contribution in [0.5, 0.6) is 5.75 Å². The predicted octanol–water partition coefficient (Wildman–Crippen LogP) is 0.680. The number of ether oxygens (including phenoxy) is 1. The smallest absolute Gasteiger partial charge is 0.217 e. The van der Waals surface area contributed by atoms with Crippen molar-refractivity contribution in [2.24, 2.45) is 0 Å². The van der Waals surface area contributed by atoms with Gasteiger partial charge in [-0.25, -0.2) is 12.7 Å². The van der Waals surface area contributed by atoms with Crippen molar-refractivity contribution in [2.75, 3.05) is 31.7 Å². The molecule has 20 heavy (non-hydrogen) atoms. The van der Waals surface area contributed by atoms with E-state index < -0.39 is 15.6 Å². The fourth-order valence-corrected chi connectivity index (χ4v) is 2.79. The Morgan fingerprint density at radius 3 is 2.50 bits per heavy atom. The molecule has 0 aliphatic carbocycles. The van der Waals surface area contributed by atoms with Crippen LogP contribution in [0.15, 0.2) is 24.3 Å². The molecular formula is C13H22N2O4S. The molecule has 0 atom stereocenters. The van der Waals surface area contributed by atoms with Gasteiger partial charge >= 0.3 is 0 Å². The number of benzene rings is 1. The normalized spacial score (nSPS) is 12.7. The zero-order chi connectivity index (χ0) is 15.4. The van der Waals surface area contributed by atoms with E-state index in [1.54, 1.807) is 38.1 Å². The third-order valence-electron chi connectivity index (χ3n) is 2.60. The van der Waals surface area contributed by atoms with E-state index in [-0.39, 0.29) is 18.9 Å². The lowest BCUT2D eigenvalue weighted by Crippen LogP contribution is -2.41. The van der Waals surface area contributed by atoms with Crippen LogP contribution >= 0.6 is 0 Å². The third-order valence-corrected chi connectivity index (χ3v) is 4.36. The molecule has 0 heterocycles. The highest BCUT2D eigenvalue weighted by molar-refractivity contribution is 7.89. The summed E-state index contributed by atoms with van der Waals surface area (Å²) in [6, 6.07) is 6.91. The van der Waals surface area contributed by atoms with E-state index in [0.717, 1.165) is 4.31 Å². The Kier molecular flexibility index (Phi) is 5.38. The lowest BCUT2D eigenvalue weighted by molar-refractivity contribution is 0.0639. The first kappa shape index (κ1) is 16.7. The van der Waals surface area contributed by atoms with E-state index in [9.17, 15) is 13.5 Å². The molecule has 1 aromatic rings. The minimum absolute atomic E-state index is 0.00669. The fourth-order valence-electron chi connectivity index (χ4n) is 1.67.